The smallest absolute Gasteiger partial charge is 0.224 e. The summed E-state index contributed by atoms with van der Waals surface area (Å²) in [5.74, 6) is -0.157. The van der Waals surface area contributed by atoms with Gasteiger partial charge >= 0.3 is 0 Å². The van der Waals surface area contributed by atoms with E-state index in [-0.39, 0.29) is 5.91 Å². The number of anilines is 1. The molecule has 0 saturated carbocycles. The number of aromatic nitrogens is 6. The fraction of sp³-hybridized carbons (Fsp3) is 0.0800. The number of halogens is 1. The predicted molar refractivity (Wildman–Crippen MR) is 134 cm³/mol. The number of amides is 1. The number of nitrogens with zero attached hydrogens (tertiary/aromatic N) is 4. The monoisotopic (exact) mass is 483 g/mol. The molecule has 5 aromatic heterocycles. The number of imidazole rings is 1. The van der Waals surface area contributed by atoms with Gasteiger partial charge < -0.3 is 10.3 Å². The number of pyridine rings is 2. The van der Waals surface area contributed by atoms with Crippen LogP contribution in [0.4, 0.5) is 10.1 Å². The summed E-state index contributed by atoms with van der Waals surface area (Å²) in [6, 6.07) is 8.95. The van der Waals surface area contributed by atoms with E-state index >= 15 is 4.39 Å². The van der Waals surface area contributed by atoms with Crippen LogP contribution in [0.1, 0.15) is 13.3 Å². The predicted octanol–water partition coefficient (Wildman–Crippen LogP) is 5.78. The maximum absolute atomic E-state index is 15.9. The number of carbonyl (C=O) groups excluding carboxylic acids is 1. The molecule has 0 radical (unpaired) electrons. The van der Waals surface area contributed by atoms with Gasteiger partial charge in [-0.1, -0.05) is 6.92 Å². The Balaban J connectivity index is 1.48. The first-order valence-corrected chi connectivity index (χ1v) is 11.9. The molecular weight excluding hydrogens is 465 g/mol. The molecule has 0 spiro atoms. The highest BCUT2D eigenvalue weighted by Gasteiger charge is 2.21. The molecular formula is C25H18FN7OS. The summed E-state index contributed by atoms with van der Waals surface area (Å²) in [5, 5.41) is 14.3. The zero-order chi connectivity index (χ0) is 23.9. The van der Waals surface area contributed by atoms with Crippen molar-refractivity contribution in [2.24, 2.45) is 0 Å². The lowest BCUT2D eigenvalue weighted by Gasteiger charge is -2.08. The van der Waals surface area contributed by atoms with Crippen molar-refractivity contribution < 1.29 is 9.18 Å². The second-order valence-electron chi connectivity index (χ2n) is 7.94. The van der Waals surface area contributed by atoms with E-state index in [1.54, 1.807) is 48.9 Å². The van der Waals surface area contributed by atoms with Gasteiger partial charge in [0.25, 0.3) is 0 Å². The maximum Gasteiger partial charge on any atom is 0.224 e. The zero-order valence-electron chi connectivity index (χ0n) is 18.5. The van der Waals surface area contributed by atoms with Crippen LogP contribution < -0.4 is 5.32 Å². The maximum atomic E-state index is 15.9. The van der Waals surface area contributed by atoms with Gasteiger partial charge in [-0.2, -0.15) is 16.4 Å². The van der Waals surface area contributed by atoms with Gasteiger partial charge in [-0.3, -0.25) is 19.9 Å². The van der Waals surface area contributed by atoms with Crippen LogP contribution in [-0.2, 0) is 4.79 Å². The van der Waals surface area contributed by atoms with E-state index in [4.69, 9.17) is 4.98 Å². The van der Waals surface area contributed by atoms with Crippen molar-refractivity contribution in [3.05, 3.63) is 65.5 Å². The van der Waals surface area contributed by atoms with Crippen molar-refractivity contribution in [2.75, 3.05) is 5.32 Å². The summed E-state index contributed by atoms with van der Waals surface area (Å²) in [5.41, 5.74) is 5.51. The summed E-state index contributed by atoms with van der Waals surface area (Å²) >= 11 is 1.58. The molecule has 172 valence electrons. The van der Waals surface area contributed by atoms with Crippen molar-refractivity contribution in [1.82, 2.24) is 30.1 Å². The average Bonchev–Trinajstić information content (AvgIpc) is 3.63. The third kappa shape index (κ3) is 3.64. The molecule has 5 heterocycles. The lowest BCUT2D eigenvalue weighted by molar-refractivity contribution is -0.115. The van der Waals surface area contributed by atoms with Gasteiger partial charge in [-0.15, -0.1) is 0 Å². The Kier molecular flexibility index (Phi) is 5.07. The van der Waals surface area contributed by atoms with E-state index < -0.39 is 5.82 Å². The average molecular weight is 484 g/mol. The highest BCUT2D eigenvalue weighted by atomic mass is 32.1. The first-order valence-electron chi connectivity index (χ1n) is 10.9. The Morgan fingerprint density at radius 3 is 2.86 bits per heavy atom. The van der Waals surface area contributed by atoms with Gasteiger partial charge in [0.05, 0.1) is 34.0 Å². The van der Waals surface area contributed by atoms with Crippen LogP contribution in [0.5, 0.6) is 0 Å². The highest BCUT2D eigenvalue weighted by Crippen LogP contribution is 2.35. The molecule has 6 rings (SSSR count). The molecule has 3 N–H and O–H groups in total. The van der Waals surface area contributed by atoms with Crippen LogP contribution in [0.25, 0.3) is 55.8 Å². The first-order chi connectivity index (χ1) is 17.1. The molecule has 6 aromatic rings. The lowest BCUT2D eigenvalue weighted by Crippen LogP contribution is -2.09. The van der Waals surface area contributed by atoms with Crippen molar-refractivity contribution in [3.8, 4) is 33.9 Å². The summed E-state index contributed by atoms with van der Waals surface area (Å²) in [4.78, 5) is 28.4. The number of fused-ring (bicyclic) bond motifs is 2. The second kappa shape index (κ2) is 8.41. The fourth-order valence-corrected chi connectivity index (χ4v) is 4.67. The lowest BCUT2D eigenvalue weighted by atomic mass is 10.0. The van der Waals surface area contributed by atoms with E-state index in [0.29, 0.717) is 51.2 Å². The third-order valence-corrected chi connectivity index (χ3v) is 6.42. The molecule has 0 atom stereocenters. The molecule has 1 aromatic carbocycles. The summed E-state index contributed by atoms with van der Waals surface area (Å²) < 4.78 is 15.9. The van der Waals surface area contributed by atoms with Gasteiger partial charge in [-0.25, -0.2) is 9.37 Å². The van der Waals surface area contributed by atoms with Crippen molar-refractivity contribution in [2.45, 2.75) is 13.3 Å². The first kappa shape index (κ1) is 21.1. The standard InChI is InChI=1S/C25H18FN7OS/c1-2-19(34)29-15-9-14(10-27-11-15)16-3-4-17-20(21(16)26)24(33-32-17)25-30-18-5-7-28-22(23(18)31-25)13-6-8-35-12-13/h3-12H,2H2,1H3,(H,29,34)(H,30,31)(H,32,33). The number of nitrogens with one attached hydrogen (secondary N) is 3. The van der Waals surface area contributed by atoms with E-state index in [2.05, 4.69) is 30.5 Å². The number of H-pyrrole nitrogens is 2. The van der Waals surface area contributed by atoms with Crippen molar-refractivity contribution >= 4 is 44.9 Å². The number of carbonyl (C=O) groups is 1. The normalized spacial score (nSPS) is 11.4. The topological polar surface area (TPSA) is 112 Å². The third-order valence-electron chi connectivity index (χ3n) is 5.74. The van der Waals surface area contributed by atoms with E-state index in [1.165, 1.54) is 6.20 Å². The fourth-order valence-electron chi connectivity index (χ4n) is 4.03. The largest absolute Gasteiger partial charge is 0.336 e. The quantitative estimate of drug-likeness (QED) is 0.288. The highest BCUT2D eigenvalue weighted by molar-refractivity contribution is 7.08. The van der Waals surface area contributed by atoms with Crippen LogP contribution in [-0.4, -0.2) is 36.0 Å². The molecule has 1 amide bonds. The minimum absolute atomic E-state index is 0.141. The van der Waals surface area contributed by atoms with Gasteiger partial charge in [0.2, 0.25) is 5.91 Å². The number of hydrogen-bond acceptors (Lipinski definition) is 6. The molecule has 0 saturated heterocycles. The molecule has 10 heteroatoms. The van der Waals surface area contributed by atoms with E-state index in [1.807, 2.05) is 22.9 Å². The molecule has 0 fully saturated rings. The Hall–Kier alpha value is -4.44. The number of benzene rings is 1. The number of rotatable bonds is 5. The van der Waals surface area contributed by atoms with E-state index in [9.17, 15) is 4.79 Å². The molecule has 8 nitrogen and oxygen atoms in total. The Morgan fingerprint density at radius 1 is 1.11 bits per heavy atom. The SMILES string of the molecule is CCC(=O)Nc1cncc(-c2ccc3[nH]nc(-c4nc5c(-c6ccsc6)nccc5[nH]4)c3c2F)c1. The molecule has 0 bridgehead atoms. The van der Waals surface area contributed by atoms with Gasteiger partial charge in [-0.05, 0) is 35.7 Å². The van der Waals surface area contributed by atoms with Gasteiger partial charge in [0.15, 0.2) is 5.82 Å². The van der Waals surface area contributed by atoms with E-state index in [0.717, 1.165) is 16.8 Å². The molecule has 0 aliphatic rings. The minimum Gasteiger partial charge on any atom is -0.336 e. The molecule has 0 aliphatic carbocycles. The Morgan fingerprint density at radius 2 is 2.03 bits per heavy atom. The Labute approximate surface area is 202 Å². The summed E-state index contributed by atoms with van der Waals surface area (Å²) in [6.07, 6.45) is 5.15. The number of aromatic amines is 2. The van der Waals surface area contributed by atoms with Crippen LogP contribution in [0, 0.1) is 5.82 Å². The zero-order valence-corrected chi connectivity index (χ0v) is 19.3. The van der Waals surface area contributed by atoms with Crippen LogP contribution in [0.2, 0.25) is 0 Å². The van der Waals surface area contributed by atoms with Crippen LogP contribution in [0.3, 0.4) is 0 Å². The summed E-state index contributed by atoms with van der Waals surface area (Å²) in [7, 11) is 0. The molecule has 0 aliphatic heterocycles. The van der Waals surface area contributed by atoms with Crippen LogP contribution in [0.15, 0.2) is 59.7 Å². The minimum atomic E-state index is -0.455. The van der Waals surface area contributed by atoms with Crippen molar-refractivity contribution in [3.63, 3.8) is 0 Å². The van der Waals surface area contributed by atoms with Gasteiger partial charge in [0, 0.05) is 40.9 Å². The summed E-state index contributed by atoms with van der Waals surface area (Å²) in [6.45, 7) is 1.76. The molecule has 0 unspecified atom stereocenters. The number of hydrogen-bond donors (Lipinski definition) is 3. The Bertz CT molecular complexity index is 1700. The second-order valence-corrected chi connectivity index (χ2v) is 8.72. The van der Waals surface area contributed by atoms with Crippen molar-refractivity contribution in [1.29, 1.82) is 0 Å². The number of thiophene rings is 1. The van der Waals surface area contributed by atoms with Gasteiger partial charge in [0.1, 0.15) is 17.0 Å². The molecule has 35 heavy (non-hydrogen) atoms. The van der Waals surface area contributed by atoms with Crippen LogP contribution >= 0.6 is 11.3 Å².